The maximum absolute atomic E-state index is 11.7. The lowest BCUT2D eigenvalue weighted by Gasteiger charge is -2.16. The van der Waals surface area contributed by atoms with Crippen LogP contribution in [0.5, 0.6) is 0 Å². The van der Waals surface area contributed by atoms with E-state index in [0.29, 0.717) is 9.87 Å². The Balaban J connectivity index is 2.89. The summed E-state index contributed by atoms with van der Waals surface area (Å²) in [5.41, 5.74) is 0.502. The second-order valence-corrected chi connectivity index (χ2v) is 5.23. The van der Waals surface area contributed by atoms with Crippen molar-refractivity contribution < 1.29 is 18.3 Å². The Hall–Kier alpha value is -2.11. The maximum Gasteiger partial charge on any atom is 0.318 e. The zero-order chi connectivity index (χ0) is 13.8. The van der Waals surface area contributed by atoms with Crippen LogP contribution in [0.1, 0.15) is 5.56 Å². The summed E-state index contributed by atoms with van der Waals surface area (Å²) in [4.78, 5) is 10.4. The number of carboxylic acid groups (broad SMARTS) is 1. The number of carboxylic acids is 1. The van der Waals surface area contributed by atoms with E-state index in [-0.39, 0.29) is 5.69 Å². The lowest BCUT2D eigenvalue weighted by Crippen LogP contribution is -2.36. The van der Waals surface area contributed by atoms with Gasteiger partial charge in [0.05, 0.1) is 17.3 Å². The highest BCUT2D eigenvalue weighted by Crippen LogP contribution is 2.12. The number of nitrogens with zero attached hydrogens (tertiary/aromatic N) is 2. The van der Waals surface area contributed by atoms with Crippen LogP contribution in [0.2, 0.25) is 0 Å². The highest BCUT2D eigenvalue weighted by atomic mass is 32.2. The molecule has 96 valence electrons. The molecule has 0 aromatic heterocycles. The van der Waals surface area contributed by atoms with Gasteiger partial charge in [0.1, 0.15) is 6.54 Å². The van der Waals surface area contributed by atoms with E-state index in [1.54, 1.807) is 0 Å². The standard InChI is InChI=1S/C10H11N3O4S/c1-13(7-10(14)15)18(16,17)12-9-4-2-3-8(5-9)6-11/h2-5,12H,7H2,1H3,(H,14,15). The first kappa shape index (κ1) is 14.0. The average molecular weight is 269 g/mol. The van der Waals surface area contributed by atoms with Crippen molar-refractivity contribution >= 4 is 21.9 Å². The van der Waals surface area contributed by atoms with E-state index in [1.165, 1.54) is 24.3 Å². The minimum atomic E-state index is -3.94. The number of anilines is 1. The van der Waals surface area contributed by atoms with Crippen molar-refractivity contribution in [1.82, 2.24) is 4.31 Å². The molecule has 0 spiro atoms. The monoisotopic (exact) mass is 269 g/mol. The number of nitriles is 1. The molecule has 0 heterocycles. The Bertz CT molecular complexity index is 591. The first-order chi connectivity index (χ1) is 8.35. The second kappa shape index (κ2) is 5.48. The van der Waals surface area contributed by atoms with E-state index in [2.05, 4.69) is 4.72 Å². The van der Waals surface area contributed by atoms with Crippen molar-refractivity contribution in [3.05, 3.63) is 29.8 Å². The fourth-order valence-corrected chi connectivity index (χ4v) is 2.02. The first-order valence-electron chi connectivity index (χ1n) is 4.81. The molecule has 0 unspecified atom stereocenters. The SMILES string of the molecule is CN(CC(=O)O)S(=O)(=O)Nc1cccc(C#N)c1. The Morgan fingerprint density at radius 2 is 2.22 bits per heavy atom. The predicted molar refractivity (Wildman–Crippen MR) is 64.0 cm³/mol. The molecule has 2 N–H and O–H groups in total. The highest BCUT2D eigenvalue weighted by Gasteiger charge is 2.19. The molecule has 0 atom stereocenters. The fraction of sp³-hybridized carbons (Fsp3) is 0.200. The van der Waals surface area contributed by atoms with Crippen LogP contribution in [0.4, 0.5) is 5.69 Å². The summed E-state index contributed by atoms with van der Waals surface area (Å²) in [5, 5.41) is 17.2. The summed E-state index contributed by atoms with van der Waals surface area (Å²) >= 11 is 0. The Morgan fingerprint density at radius 3 is 2.78 bits per heavy atom. The molecule has 1 aromatic rings. The maximum atomic E-state index is 11.7. The molecule has 8 heteroatoms. The number of carbonyl (C=O) groups is 1. The summed E-state index contributed by atoms with van der Waals surface area (Å²) < 4.78 is 26.3. The third-order valence-corrected chi connectivity index (χ3v) is 3.45. The molecule has 0 saturated heterocycles. The van der Waals surface area contributed by atoms with Crippen LogP contribution in [0, 0.1) is 11.3 Å². The van der Waals surface area contributed by atoms with Crippen LogP contribution in [0.15, 0.2) is 24.3 Å². The molecule has 0 aliphatic carbocycles. The lowest BCUT2D eigenvalue weighted by atomic mass is 10.2. The Labute approximate surface area is 104 Å². The van der Waals surface area contributed by atoms with E-state index >= 15 is 0 Å². The summed E-state index contributed by atoms with van der Waals surface area (Å²) in [7, 11) is -2.80. The van der Waals surface area contributed by atoms with Gasteiger partial charge in [-0.2, -0.15) is 18.0 Å². The Kier molecular flexibility index (Phi) is 4.25. The fourth-order valence-electron chi connectivity index (χ4n) is 1.15. The van der Waals surface area contributed by atoms with Gasteiger partial charge in [0, 0.05) is 7.05 Å². The number of likely N-dealkylation sites (N-methyl/N-ethyl adjacent to an activating group) is 1. The number of benzene rings is 1. The summed E-state index contributed by atoms with van der Waals surface area (Å²) in [6.45, 7) is -0.646. The molecule has 7 nitrogen and oxygen atoms in total. The van der Waals surface area contributed by atoms with Crippen molar-refractivity contribution in [3.8, 4) is 6.07 Å². The zero-order valence-electron chi connectivity index (χ0n) is 9.49. The van der Waals surface area contributed by atoms with Gasteiger partial charge >= 0.3 is 16.2 Å². The quantitative estimate of drug-likeness (QED) is 0.795. The normalized spacial score (nSPS) is 10.9. The van der Waals surface area contributed by atoms with Gasteiger partial charge in [-0.25, -0.2) is 0 Å². The van der Waals surface area contributed by atoms with E-state index < -0.39 is 22.7 Å². The van der Waals surface area contributed by atoms with Crippen molar-refractivity contribution in [3.63, 3.8) is 0 Å². The zero-order valence-corrected chi connectivity index (χ0v) is 10.3. The summed E-state index contributed by atoms with van der Waals surface area (Å²) in [5.74, 6) is -1.26. The van der Waals surface area contributed by atoms with E-state index in [9.17, 15) is 13.2 Å². The van der Waals surface area contributed by atoms with Crippen LogP contribution in [0.25, 0.3) is 0 Å². The number of hydrogen-bond donors (Lipinski definition) is 2. The van der Waals surface area contributed by atoms with Crippen molar-refractivity contribution in [1.29, 1.82) is 5.26 Å². The topological polar surface area (TPSA) is 110 Å². The summed E-state index contributed by atoms with van der Waals surface area (Å²) in [6.07, 6.45) is 0. The largest absolute Gasteiger partial charge is 0.480 e. The van der Waals surface area contributed by atoms with E-state index in [0.717, 1.165) is 7.05 Å². The average Bonchev–Trinajstić information content (AvgIpc) is 2.27. The van der Waals surface area contributed by atoms with Crippen LogP contribution >= 0.6 is 0 Å². The van der Waals surface area contributed by atoms with Crippen molar-refractivity contribution in [2.75, 3.05) is 18.3 Å². The van der Waals surface area contributed by atoms with E-state index in [1.807, 2.05) is 6.07 Å². The molecule has 0 aliphatic heterocycles. The van der Waals surface area contributed by atoms with Gasteiger partial charge in [0.25, 0.3) is 0 Å². The van der Waals surface area contributed by atoms with Crippen LogP contribution in [-0.4, -0.2) is 37.4 Å². The summed E-state index contributed by atoms with van der Waals surface area (Å²) in [6, 6.07) is 7.74. The highest BCUT2D eigenvalue weighted by molar-refractivity contribution is 7.90. The van der Waals surface area contributed by atoms with Crippen LogP contribution in [-0.2, 0) is 15.0 Å². The number of nitrogens with one attached hydrogen (secondary N) is 1. The lowest BCUT2D eigenvalue weighted by molar-refractivity contribution is -0.137. The molecule has 0 saturated carbocycles. The van der Waals surface area contributed by atoms with Gasteiger partial charge in [-0.05, 0) is 18.2 Å². The molecule has 0 radical (unpaired) electrons. The smallest absolute Gasteiger partial charge is 0.318 e. The third kappa shape index (κ3) is 3.73. The van der Waals surface area contributed by atoms with Crippen molar-refractivity contribution in [2.45, 2.75) is 0 Å². The molecule has 1 aromatic carbocycles. The van der Waals surface area contributed by atoms with Gasteiger partial charge in [-0.15, -0.1) is 0 Å². The number of aliphatic carboxylic acids is 1. The number of hydrogen-bond acceptors (Lipinski definition) is 4. The molecular formula is C10H11N3O4S. The minimum absolute atomic E-state index is 0.200. The third-order valence-electron chi connectivity index (χ3n) is 2.01. The molecule has 18 heavy (non-hydrogen) atoms. The molecule has 1 rings (SSSR count). The van der Waals surface area contributed by atoms with Crippen molar-refractivity contribution in [2.24, 2.45) is 0 Å². The van der Waals surface area contributed by atoms with Crippen LogP contribution < -0.4 is 4.72 Å². The Morgan fingerprint density at radius 1 is 1.56 bits per heavy atom. The van der Waals surface area contributed by atoms with Gasteiger partial charge in [-0.1, -0.05) is 6.07 Å². The molecule has 0 aliphatic rings. The molecule has 0 fully saturated rings. The first-order valence-corrected chi connectivity index (χ1v) is 6.25. The van der Waals surface area contributed by atoms with Gasteiger partial charge in [0.15, 0.2) is 0 Å². The van der Waals surface area contributed by atoms with Gasteiger partial charge in [0.2, 0.25) is 0 Å². The number of rotatable bonds is 5. The second-order valence-electron chi connectivity index (χ2n) is 3.45. The van der Waals surface area contributed by atoms with E-state index in [4.69, 9.17) is 10.4 Å². The van der Waals surface area contributed by atoms with Gasteiger partial charge in [-0.3, -0.25) is 9.52 Å². The molecule has 0 bridgehead atoms. The van der Waals surface area contributed by atoms with Crippen LogP contribution in [0.3, 0.4) is 0 Å². The molecule has 0 amide bonds. The molecular weight excluding hydrogens is 258 g/mol. The van der Waals surface area contributed by atoms with Gasteiger partial charge < -0.3 is 5.11 Å². The minimum Gasteiger partial charge on any atom is -0.480 e. The predicted octanol–water partition coefficient (Wildman–Crippen LogP) is 0.231.